The lowest BCUT2D eigenvalue weighted by Crippen LogP contribution is -2.46. The molecule has 0 amide bonds. The molecule has 18 heavy (non-hydrogen) atoms. The fourth-order valence-electron chi connectivity index (χ4n) is 3.36. The number of nitrogens with zero attached hydrogens (tertiary/aromatic N) is 1. The predicted octanol–water partition coefficient (Wildman–Crippen LogP) is 1.19. The van der Waals surface area contributed by atoms with Gasteiger partial charge in [-0.2, -0.15) is 0 Å². The lowest BCUT2D eigenvalue weighted by Gasteiger charge is -2.35. The molecular weight excluding hydrogens is 248 g/mol. The van der Waals surface area contributed by atoms with Crippen molar-refractivity contribution in [2.24, 2.45) is 11.8 Å². The van der Waals surface area contributed by atoms with E-state index in [0.717, 1.165) is 38.9 Å². The van der Waals surface area contributed by atoms with E-state index in [0.29, 0.717) is 23.6 Å². The summed E-state index contributed by atoms with van der Waals surface area (Å²) in [6, 6.07) is 0.559. The van der Waals surface area contributed by atoms with E-state index in [1.54, 1.807) is 4.31 Å². The van der Waals surface area contributed by atoms with Crippen molar-refractivity contribution in [3.8, 4) is 0 Å². The van der Waals surface area contributed by atoms with Gasteiger partial charge in [-0.1, -0.05) is 0 Å². The van der Waals surface area contributed by atoms with Crippen molar-refractivity contribution in [2.45, 2.75) is 44.6 Å². The van der Waals surface area contributed by atoms with E-state index in [4.69, 9.17) is 0 Å². The molecule has 104 valence electrons. The van der Waals surface area contributed by atoms with Gasteiger partial charge in [0.05, 0.1) is 5.75 Å². The van der Waals surface area contributed by atoms with Gasteiger partial charge in [-0.15, -0.1) is 0 Å². The molecule has 4 nitrogen and oxygen atoms in total. The average molecular weight is 272 g/mol. The van der Waals surface area contributed by atoms with Crippen LogP contribution in [0, 0.1) is 11.8 Å². The standard InChI is InChI=1S/C13H24N2O2S/c16-18(17,10-11-5-6-11)15-8-2-3-12(9-15)13-4-1-7-14-13/h11-14H,1-10H2. The molecule has 0 aromatic carbocycles. The zero-order chi connectivity index (χ0) is 12.6. The first kappa shape index (κ1) is 12.9. The van der Waals surface area contributed by atoms with Crippen LogP contribution in [-0.4, -0.2) is 44.2 Å². The molecule has 3 fully saturated rings. The average Bonchev–Trinajstić information content (AvgIpc) is 2.98. The van der Waals surface area contributed by atoms with Crippen LogP contribution >= 0.6 is 0 Å². The molecule has 2 heterocycles. The molecule has 0 spiro atoms. The van der Waals surface area contributed by atoms with Crippen LogP contribution in [0.1, 0.15) is 38.5 Å². The largest absolute Gasteiger partial charge is 0.314 e. The van der Waals surface area contributed by atoms with E-state index in [-0.39, 0.29) is 0 Å². The molecule has 1 N–H and O–H groups in total. The van der Waals surface area contributed by atoms with Crippen molar-refractivity contribution >= 4 is 10.0 Å². The Morgan fingerprint density at radius 3 is 2.61 bits per heavy atom. The summed E-state index contributed by atoms with van der Waals surface area (Å²) in [6.45, 7) is 2.61. The molecule has 0 aromatic rings. The molecule has 1 aliphatic carbocycles. The third-order valence-corrected chi connectivity index (χ3v) is 6.64. The number of rotatable bonds is 4. The second-order valence-electron chi connectivity index (χ2n) is 6.19. The Labute approximate surface area is 110 Å². The summed E-state index contributed by atoms with van der Waals surface area (Å²) in [5, 5.41) is 3.53. The Morgan fingerprint density at radius 2 is 1.94 bits per heavy atom. The Hall–Kier alpha value is -0.130. The summed E-state index contributed by atoms with van der Waals surface area (Å²) in [4.78, 5) is 0. The Kier molecular flexibility index (Phi) is 3.65. The van der Waals surface area contributed by atoms with Crippen molar-refractivity contribution in [1.82, 2.24) is 9.62 Å². The van der Waals surface area contributed by atoms with E-state index in [1.165, 1.54) is 19.3 Å². The van der Waals surface area contributed by atoms with Crippen molar-refractivity contribution in [3.63, 3.8) is 0 Å². The maximum Gasteiger partial charge on any atom is 0.214 e. The zero-order valence-electron chi connectivity index (χ0n) is 11.0. The fourth-order valence-corrected chi connectivity index (χ4v) is 5.32. The van der Waals surface area contributed by atoms with Crippen LogP contribution < -0.4 is 5.32 Å². The maximum absolute atomic E-state index is 12.3. The second kappa shape index (κ2) is 5.10. The van der Waals surface area contributed by atoms with Gasteiger partial charge in [0.1, 0.15) is 0 Å². The van der Waals surface area contributed by atoms with Crippen LogP contribution in [0.2, 0.25) is 0 Å². The van der Waals surface area contributed by atoms with E-state index in [2.05, 4.69) is 5.32 Å². The van der Waals surface area contributed by atoms with Gasteiger partial charge < -0.3 is 5.32 Å². The highest BCUT2D eigenvalue weighted by Crippen LogP contribution is 2.33. The molecule has 2 aliphatic heterocycles. The summed E-state index contributed by atoms with van der Waals surface area (Å²) < 4.78 is 26.4. The van der Waals surface area contributed by atoms with Crippen LogP contribution in [0.25, 0.3) is 0 Å². The van der Waals surface area contributed by atoms with E-state index in [9.17, 15) is 8.42 Å². The van der Waals surface area contributed by atoms with Crippen molar-refractivity contribution in [1.29, 1.82) is 0 Å². The highest BCUT2D eigenvalue weighted by atomic mass is 32.2. The molecule has 0 radical (unpaired) electrons. The van der Waals surface area contributed by atoms with Gasteiger partial charge in [-0.3, -0.25) is 0 Å². The molecule has 0 bridgehead atoms. The van der Waals surface area contributed by atoms with Gasteiger partial charge in [-0.25, -0.2) is 12.7 Å². The van der Waals surface area contributed by atoms with Crippen molar-refractivity contribution in [2.75, 3.05) is 25.4 Å². The van der Waals surface area contributed by atoms with Crippen LogP contribution in [-0.2, 0) is 10.0 Å². The van der Waals surface area contributed by atoms with E-state index < -0.39 is 10.0 Å². The normalized spacial score (nSPS) is 34.9. The summed E-state index contributed by atoms with van der Waals surface area (Å²) in [5.41, 5.74) is 0. The highest BCUT2D eigenvalue weighted by Gasteiger charge is 2.36. The topological polar surface area (TPSA) is 49.4 Å². The van der Waals surface area contributed by atoms with Crippen LogP contribution in [0.3, 0.4) is 0 Å². The monoisotopic (exact) mass is 272 g/mol. The van der Waals surface area contributed by atoms with Crippen LogP contribution in [0.15, 0.2) is 0 Å². The number of piperidine rings is 1. The van der Waals surface area contributed by atoms with Crippen molar-refractivity contribution in [3.05, 3.63) is 0 Å². The van der Waals surface area contributed by atoms with Gasteiger partial charge in [0, 0.05) is 19.1 Å². The molecule has 2 saturated heterocycles. The predicted molar refractivity (Wildman–Crippen MR) is 71.8 cm³/mol. The second-order valence-corrected chi connectivity index (χ2v) is 8.20. The zero-order valence-corrected chi connectivity index (χ0v) is 11.8. The highest BCUT2D eigenvalue weighted by molar-refractivity contribution is 7.89. The third kappa shape index (κ3) is 2.89. The number of hydrogen-bond donors (Lipinski definition) is 1. The van der Waals surface area contributed by atoms with Gasteiger partial charge >= 0.3 is 0 Å². The number of sulfonamides is 1. The lowest BCUT2D eigenvalue weighted by molar-refractivity contribution is 0.226. The summed E-state index contributed by atoms with van der Waals surface area (Å²) in [7, 11) is -2.98. The molecule has 5 heteroatoms. The van der Waals surface area contributed by atoms with Gasteiger partial charge in [0.2, 0.25) is 10.0 Å². The minimum absolute atomic E-state index is 0.401. The molecule has 3 rings (SSSR count). The molecule has 0 aromatic heterocycles. The first-order valence-corrected chi connectivity index (χ1v) is 8.97. The minimum atomic E-state index is -2.98. The number of nitrogens with one attached hydrogen (secondary N) is 1. The Bertz CT molecular complexity index is 386. The molecule has 2 atom stereocenters. The van der Waals surface area contributed by atoms with Crippen LogP contribution in [0.4, 0.5) is 0 Å². The number of hydrogen-bond acceptors (Lipinski definition) is 3. The van der Waals surface area contributed by atoms with Crippen LogP contribution in [0.5, 0.6) is 0 Å². The first-order chi connectivity index (χ1) is 8.65. The summed E-state index contributed by atoms with van der Waals surface area (Å²) >= 11 is 0. The molecule has 1 saturated carbocycles. The van der Waals surface area contributed by atoms with E-state index in [1.807, 2.05) is 0 Å². The molecule has 3 aliphatic rings. The smallest absolute Gasteiger partial charge is 0.214 e. The lowest BCUT2D eigenvalue weighted by atomic mass is 9.91. The van der Waals surface area contributed by atoms with E-state index >= 15 is 0 Å². The first-order valence-electron chi connectivity index (χ1n) is 7.36. The van der Waals surface area contributed by atoms with Crippen molar-refractivity contribution < 1.29 is 8.42 Å². The minimum Gasteiger partial charge on any atom is -0.314 e. The molecule has 2 unspecified atom stereocenters. The maximum atomic E-state index is 12.3. The third-order valence-electron chi connectivity index (χ3n) is 4.62. The van der Waals surface area contributed by atoms with Gasteiger partial charge in [0.25, 0.3) is 0 Å². The van der Waals surface area contributed by atoms with Gasteiger partial charge in [0.15, 0.2) is 0 Å². The Balaban J connectivity index is 1.61. The van der Waals surface area contributed by atoms with Gasteiger partial charge in [-0.05, 0) is 56.9 Å². The fraction of sp³-hybridized carbons (Fsp3) is 1.00. The Morgan fingerprint density at radius 1 is 1.11 bits per heavy atom. The summed E-state index contributed by atoms with van der Waals surface area (Å²) in [6.07, 6.45) is 6.92. The summed E-state index contributed by atoms with van der Waals surface area (Å²) in [5.74, 6) is 1.40. The quantitative estimate of drug-likeness (QED) is 0.836. The molecular formula is C13H24N2O2S. The SMILES string of the molecule is O=S(=O)(CC1CC1)N1CCCC(C2CCCN2)C1.